The van der Waals surface area contributed by atoms with E-state index in [9.17, 15) is 0 Å². The van der Waals surface area contributed by atoms with Crippen LogP contribution in [-0.4, -0.2) is 41.8 Å². The molecule has 1 spiro atoms. The largest absolute Gasteiger partial charge is 0.374 e. The fraction of sp³-hybridized carbons (Fsp3) is 0.706. The number of rotatable bonds is 5. The van der Waals surface area contributed by atoms with Gasteiger partial charge in [-0.3, -0.25) is 4.98 Å². The van der Waals surface area contributed by atoms with Gasteiger partial charge in [-0.15, -0.1) is 0 Å². The maximum absolute atomic E-state index is 6.15. The van der Waals surface area contributed by atoms with Crippen molar-refractivity contribution in [2.24, 2.45) is 5.92 Å². The van der Waals surface area contributed by atoms with Gasteiger partial charge in [0.1, 0.15) is 0 Å². The number of nitrogens with zero attached hydrogens (tertiary/aromatic N) is 1. The molecular weight excluding hydrogens is 280 g/mol. The molecule has 0 bridgehead atoms. The summed E-state index contributed by atoms with van der Waals surface area (Å²) in [6, 6.07) is 6.78. The highest BCUT2D eigenvalue weighted by Gasteiger charge is 2.42. The number of aryl methyl sites for hydroxylation is 1. The normalized spacial score (nSPS) is 30.6. The number of nitrogens with one attached hydrogen (secondary N) is 1. The SMILES string of the molecule is CNC(CCc1ccccn1)C1CCOC2(CCSC2)C1. The van der Waals surface area contributed by atoms with Crippen LogP contribution in [0.2, 0.25) is 0 Å². The van der Waals surface area contributed by atoms with E-state index >= 15 is 0 Å². The summed E-state index contributed by atoms with van der Waals surface area (Å²) in [5, 5.41) is 3.56. The van der Waals surface area contributed by atoms with Crippen molar-refractivity contribution in [3.8, 4) is 0 Å². The summed E-state index contributed by atoms with van der Waals surface area (Å²) in [6.45, 7) is 0.937. The van der Waals surface area contributed by atoms with Gasteiger partial charge in [0.25, 0.3) is 0 Å². The van der Waals surface area contributed by atoms with Gasteiger partial charge in [0.15, 0.2) is 0 Å². The molecule has 1 aromatic rings. The van der Waals surface area contributed by atoms with E-state index in [1.807, 2.05) is 12.3 Å². The van der Waals surface area contributed by atoms with E-state index in [1.54, 1.807) is 0 Å². The van der Waals surface area contributed by atoms with Crippen LogP contribution >= 0.6 is 11.8 Å². The Balaban J connectivity index is 1.57. The quantitative estimate of drug-likeness (QED) is 0.907. The van der Waals surface area contributed by atoms with Gasteiger partial charge in [0.05, 0.1) is 5.60 Å². The van der Waals surface area contributed by atoms with Crippen LogP contribution < -0.4 is 5.32 Å². The summed E-state index contributed by atoms with van der Waals surface area (Å²) in [5.74, 6) is 3.21. The molecule has 3 nitrogen and oxygen atoms in total. The average molecular weight is 306 g/mol. The Hall–Kier alpha value is -0.580. The average Bonchev–Trinajstić information content (AvgIpc) is 2.97. The third-order valence-electron chi connectivity index (χ3n) is 4.98. The fourth-order valence-corrected chi connectivity index (χ4v) is 5.12. The van der Waals surface area contributed by atoms with Crippen LogP contribution in [0.4, 0.5) is 0 Å². The first-order valence-corrected chi connectivity index (χ1v) is 9.26. The Kier molecular flexibility index (Phi) is 5.19. The predicted octanol–water partition coefficient (Wildman–Crippen LogP) is 2.90. The second kappa shape index (κ2) is 7.12. The molecule has 0 aromatic carbocycles. The van der Waals surface area contributed by atoms with Crippen LogP contribution in [0.3, 0.4) is 0 Å². The van der Waals surface area contributed by atoms with Gasteiger partial charge in [0, 0.05) is 30.3 Å². The lowest BCUT2D eigenvalue weighted by Crippen LogP contribution is -2.46. The van der Waals surface area contributed by atoms with Crippen molar-refractivity contribution >= 4 is 11.8 Å². The third kappa shape index (κ3) is 3.79. The lowest BCUT2D eigenvalue weighted by molar-refractivity contribution is -0.0851. The van der Waals surface area contributed by atoms with E-state index in [-0.39, 0.29) is 5.60 Å². The van der Waals surface area contributed by atoms with E-state index in [1.165, 1.54) is 42.9 Å². The molecular formula is C17H26N2OS. The minimum atomic E-state index is 0.188. The van der Waals surface area contributed by atoms with E-state index in [0.717, 1.165) is 18.9 Å². The lowest BCUT2D eigenvalue weighted by atomic mass is 9.80. The van der Waals surface area contributed by atoms with Crippen molar-refractivity contribution in [1.29, 1.82) is 0 Å². The van der Waals surface area contributed by atoms with Crippen molar-refractivity contribution in [3.63, 3.8) is 0 Å². The van der Waals surface area contributed by atoms with Gasteiger partial charge in [-0.2, -0.15) is 11.8 Å². The number of pyridine rings is 1. The maximum Gasteiger partial charge on any atom is 0.0783 e. The number of ether oxygens (including phenoxy) is 1. The monoisotopic (exact) mass is 306 g/mol. The minimum absolute atomic E-state index is 0.188. The molecule has 3 heterocycles. The molecule has 1 N–H and O–H groups in total. The fourth-order valence-electron chi connectivity index (χ4n) is 3.74. The number of hydrogen-bond acceptors (Lipinski definition) is 4. The molecule has 3 unspecified atom stereocenters. The van der Waals surface area contributed by atoms with Gasteiger partial charge < -0.3 is 10.1 Å². The van der Waals surface area contributed by atoms with Gasteiger partial charge in [0.2, 0.25) is 0 Å². The molecule has 1 aromatic heterocycles. The van der Waals surface area contributed by atoms with E-state index in [2.05, 4.69) is 41.2 Å². The molecule has 21 heavy (non-hydrogen) atoms. The zero-order chi connectivity index (χ0) is 14.5. The van der Waals surface area contributed by atoms with Crippen molar-refractivity contribution in [3.05, 3.63) is 30.1 Å². The topological polar surface area (TPSA) is 34.2 Å². The molecule has 2 aliphatic rings. The zero-order valence-electron chi connectivity index (χ0n) is 12.9. The van der Waals surface area contributed by atoms with Crippen LogP contribution in [0, 0.1) is 5.92 Å². The molecule has 3 atom stereocenters. The molecule has 2 fully saturated rings. The number of hydrogen-bond donors (Lipinski definition) is 1. The molecule has 0 amide bonds. The molecule has 0 aliphatic carbocycles. The highest BCUT2D eigenvalue weighted by atomic mass is 32.2. The first-order chi connectivity index (χ1) is 10.3. The summed E-state index contributed by atoms with van der Waals surface area (Å²) < 4.78 is 6.15. The summed E-state index contributed by atoms with van der Waals surface area (Å²) >= 11 is 2.06. The van der Waals surface area contributed by atoms with E-state index in [0.29, 0.717) is 6.04 Å². The highest BCUT2D eigenvalue weighted by Crippen LogP contribution is 2.41. The third-order valence-corrected chi connectivity index (χ3v) is 6.20. The number of thioether (sulfide) groups is 1. The van der Waals surface area contributed by atoms with Crippen LogP contribution in [0.15, 0.2) is 24.4 Å². The van der Waals surface area contributed by atoms with Gasteiger partial charge in [-0.25, -0.2) is 0 Å². The molecule has 0 radical (unpaired) electrons. The van der Waals surface area contributed by atoms with Gasteiger partial charge in [-0.1, -0.05) is 6.07 Å². The summed E-state index contributed by atoms with van der Waals surface area (Å²) in [4.78, 5) is 4.45. The molecule has 2 saturated heterocycles. The highest BCUT2D eigenvalue weighted by molar-refractivity contribution is 7.99. The van der Waals surface area contributed by atoms with Crippen molar-refractivity contribution in [2.45, 2.75) is 43.7 Å². The molecule has 3 rings (SSSR count). The van der Waals surface area contributed by atoms with Crippen LogP contribution in [0.1, 0.15) is 31.4 Å². The molecule has 4 heteroatoms. The Morgan fingerprint density at radius 3 is 3.19 bits per heavy atom. The second-order valence-electron chi connectivity index (χ2n) is 6.34. The van der Waals surface area contributed by atoms with Crippen LogP contribution in [-0.2, 0) is 11.2 Å². The Morgan fingerprint density at radius 1 is 1.52 bits per heavy atom. The Morgan fingerprint density at radius 2 is 2.48 bits per heavy atom. The summed E-state index contributed by atoms with van der Waals surface area (Å²) in [5.41, 5.74) is 1.39. The first kappa shape index (κ1) is 15.3. The van der Waals surface area contributed by atoms with E-state index < -0.39 is 0 Å². The van der Waals surface area contributed by atoms with Crippen LogP contribution in [0.5, 0.6) is 0 Å². The first-order valence-electron chi connectivity index (χ1n) is 8.10. The van der Waals surface area contributed by atoms with Crippen molar-refractivity contribution in [1.82, 2.24) is 10.3 Å². The molecule has 0 saturated carbocycles. The summed E-state index contributed by atoms with van der Waals surface area (Å²) in [6.07, 6.45) is 7.79. The standard InChI is InChI=1S/C17H26N2OS/c1-18-16(6-5-15-4-2-3-9-19-15)14-7-10-20-17(12-14)8-11-21-13-17/h2-4,9,14,16,18H,5-8,10-13H2,1H3. The second-order valence-corrected chi connectivity index (χ2v) is 7.45. The Bertz CT molecular complexity index is 434. The van der Waals surface area contributed by atoms with Gasteiger partial charge >= 0.3 is 0 Å². The van der Waals surface area contributed by atoms with Crippen molar-refractivity contribution < 1.29 is 4.74 Å². The lowest BCUT2D eigenvalue weighted by Gasteiger charge is -2.41. The Labute approximate surface area is 132 Å². The zero-order valence-corrected chi connectivity index (χ0v) is 13.7. The maximum atomic E-state index is 6.15. The minimum Gasteiger partial charge on any atom is -0.374 e. The van der Waals surface area contributed by atoms with Gasteiger partial charge in [-0.05, 0) is 63.0 Å². The van der Waals surface area contributed by atoms with E-state index in [4.69, 9.17) is 4.74 Å². The predicted molar refractivity (Wildman–Crippen MR) is 88.8 cm³/mol. The molecule has 2 aliphatic heterocycles. The number of aromatic nitrogens is 1. The smallest absolute Gasteiger partial charge is 0.0783 e. The molecule has 116 valence electrons. The summed E-state index contributed by atoms with van der Waals surface area (Å²) in [7, 11) is 2.11. The van der Waals surface area contributed by atoms with Crippen molar-refractivity contribution in [2.75, 3.05) is 25.2 Å². The van der Waals surface area contributed by atoms with Crippen LogP contribution in [0.25, 0.3) is 0 Å².